The number of ether oxygens (including phenoxy) is 4. The standard InChI is InChI=1S/C30H23ClN2O5/c1-19-22(3-2-4-25(19)21-5-6-27-30(13-21)36-10-9-35-27)18-38-29-14-28(23(16-34)12-26(29)31)37-17-20-7-8-33-24(11-20)15-32/h2-8,11-14,16H,9-10,17-18H2,1H3. The smallest absolute Gasteiger partial charge is 0.161 e. The van der Waals surface area contributed by atoms with Crippen molar-refractivity contribution in [3.8, 4) is 40.2 Å². The number of halogens is 1. The zero-order chi connectivity index (χ0) is 26.5. The summed E-state index contributed by atoms with van der Waals surface area (Å²) in [6.45, 7) is 3.53. The molecule has 5 rings (SSSR count). The number of aromatic nitrogens is 1. The number of fused-ring (bicyclic) bond motifs is 1. The Morgan fingerprint density at radius 1 is 1.00 bits per heavy atom. The first-order chi connectivity index (χ1) is 18.6. The van der Waals surface area contributed by atoms with Crippen LogP contribution in [0.3, 0.4) is 0 Å². The highest BCUT2D eigenvalue weighted by atomic mass is 35.5. The summed E-state index contributed by atoms with van der Waals surface area (Å²) in [7, 11) is 0. The molecule has 0 saturated heterocycles. The van der Waals surface area contributed by atoms with Crippen LogP contribution in [0, 0.1) is 18.3 Å². The van der Waals surface area contributed by atoms with Crippen LogP contribution >= 0.6 is 11.6 Å². The summed E-state index contributed by atoms with van der Waals surface area (Å²) in [5, 5.41) is 9.36. The highest BCUT2D eigenvalue weighted by Gasteiger charge is 2.16. The van der Waals surface area contributed by atoms with Gasteiger partial charge in [0.1, 0.15) is 49.7 Å². The molecule has 0 amide bonds. The minimum atomic E-state index is 0.149. The Hall–Kier alpha value is -4.54. The van der Waals surface area contributed by atoms with E-state index in [1.165, 1.54) is 12.3 Å². The zero-order valence-electron chi connectivity index (χ0n) is 20.6. The van der Waals surface area contributed by atoms with Crippen molar-refractivity contribution >= 4 is 17.9 Å². The summed E-state index contributed by atoms with van der Waals surface area (Å²) in [5.74, 6) is 2.21. The summed E-state index contributed by atoms with van der Waals surface area (Å²) in [6.07, 6.45) is 2.22. The van der Waals surface area contributed by atoms with Crippen LogP contribution in [0.5, 0.6) is 23.0 Å². The summed E-state index contributed by atoms with van der Waals surface area (Å²) in [4.78, 5) is 15.6. The third-order valence-electron chi connectivity index (χ3n) is 6.21. The molecule has 0 aliphatic carbocycles. The predicted octanol–water partition coefficient (Wildman–Crippen LogP) is 6.32. The summed E-state index contributed by atoms with van der Waals surface area (Å²) in [6, 6.07) is 20.5. The fourth-order valence-corrected chi connectivity index (χ4v) is 4.41. The van der Waals surface area contributed by atoms with Gasteiger partial charge >= 0.3 is 0 Å². The number of hydrogen-bond donors (Lipinski definition) is 0. The maximum Gasteiger partial charge on any atom is 0.161 e. The maximum absolute atomic E-state index is 11.6. The fraction of sp³-hybridized carbons (Fsp3) is 0.167. The van der Waals surface area contributed by atoms with Crippen LogP contribution in [0.2, 0.25) is 5.02 Å². The molecule has 0 bridgehead atoms. The van der Waals surface area contributed by atoms with E-state index in [9.17, 15) is 4.79 Å². The Morgan fingerprint density at radius 2 is 1.82 bits per heavy atom. The van der Waals surface area contributed by atoms with E-state index in [0.29, 0.717) is 41.6 Å². The third kappa shape index (κ3) is 5.41. The van der Waals surface area contributed by atoms with Gasteiger partial charge in [0.05, 0.1) is 10.6 Å². The fourth-order valence-electron chi connectivity index (χ4n) is 4.18. The van der Waals surface area contributed by atoms with Gasteiger partial charge < -0.3 is 18.9 Å². The number of carbonyl (C=O) groups excluding carboxylic acids is 1. The molecule has 2 heterocycles. The molecule has 0 N–H and O–H groups in total. The van der Waals surface area contributed by atoms with Crippen molar-refractivity contribution < 1.29 is 23.7 Å². The molecule has 8 heteroatoms. The van der Waals surface area contributed by atoms with Gasteiger partial charge in [0.2, 0.25) is 0 Å². The van der Waals surface area contributed by atoms with E-state index in [-0.39, 0.29) is 18.9 Å². The predicted molar refractivity (Wildman–Crippen MR) is 142 cm³/mol. The lowest BCUT2D eigenvalue weighted by Gasteiger charge is -2.20. The molecule has 0 atom stereocenters. The molecular formula is C30H23ClN2O5. The van der Waals surface area contributed by atoms with Crippen molar-refractivity contribution in [3.05, 3.63) is 99.8 Å². The molecule has 190 valence electrons. The zero-order valence-corrected chi connectivity index (χ0v) is 21.3. The summed E-state index contributed by atoms with van der Waals surface area (Å²) in [5.41, 5.74) is 5.46. The molecule has 1 aliphatic heterocycles. The van der Waals surface area contributed by atoms with Gasteiger partial charge in [-0.3, -0.25) is 4.79 Å². The monoisotopic (exact) mass is 526 g/mol. The van der Waals surface area contributed by atoms with Crippen LogP contribution in [-0.4, -0.2) is 24.5 Å². The van der Waals surface area contributed by atoms with E-state index in [1.807, 2.05) is 43.3 Å². The Morgan fingerprint density at radius 3 is 2.63 bits per heavy atom. The third-order valence-corrected chi connectivity index (χ3v) is 6.50. The van der Waals surface area contributed by atoms with Gasteiger partial charge in [0.25, 0.3) is 0 Å². The van der Waals surface area contributed by atoms with Gasteiger partial charge in [-0.1, -0.05) is 35.9 Å². The van der Waals surface area contributed by atoms with Gasteiger partial charge in [-0.25, -0.2) is 4.98 Å². The Bertz CT molecular complexity index is 1550. The molecule has 0 saturated carbocycles. The highest BCUT2D eigenvalue weighted by Crippen LogP contribution is 2.37. The first-order valence-corrected chi connectivity index (χ1v) is 12.3. The summed E-state index contributed by atoms with van der Waals surface area (Å²) >= 11 is 6.43. The van der Waals surface area contributed by atoms with Crippen LogP contribution in [-0.2, 0) is 13.2 Å². The van der Waals surface area contributed by atoms with Gasteiger partial charge in [0.15, 0.2) is 17.8 Å². The van der Waals surface area contributed by atoms with Crippen LogP contribution in [0.15, 0.2) is 66.9 Å². The normalized spacial score (nSPS) is 11.9. The van der Waals surface area contributed by atoms with Gasteiger partial charge in [-0.2, -0.15) is 5.26 Å². The molecule has 38 heavy (non-hydrogen) atoms. The van der Waals surface area contributed by atoms with Crippen molar-refractivity contribution in [1.82, 2.24) is 4.98 Å². The van der Waals surface area contributed by atoms with Crippen LogP contribution in [0.25, 0.3) is 11.1 Å². The van der Waals surface area contributed by atoms with E-state index in [0.717, 1.165) is 39.3 Å². The molecule has 0 unspecified atom stereocenters. The van der Waals surface area contributed by atoms with Crippen molar-refractivity contribution in [3.63, 3.8) is 0 Å². The van der Waals surface area contributed by atoms with Crippen molar-refractivity contribution in [2.45, 2.75) is 20.1 Å². The minimum Gasteiger partial charge on any atom is -0.488 e. The maximum atomic E-state index is 11.6. The van der Waals surface area contributed by atoms with E-state index >= 15 is 0 Å². The lowest BCUT2D eigenvalue weighted by molar-refractivity contribution is 0.111. The van der Waals surface area contributed by atoms with Gasteiger partial charge in [-0.15, -0.1) is 0 Å². The Balaban J connectivity index is 1.35. The van der Waals surface area contributed by atoms with E-state index < -0.39 is 0 Å². The molecule has 0 radical (unpaired) electrons. The first kappa shape index (κ1) is 25.1. The number of hydrogen-bond acceptors (Lipinski definition) is 7. The average molecular weight is 527 g/mol. The molecule has 0 spiro atoms. The molecule has 7 nitrogen and oxygen atoms in total. The van der Waals surface area contributed by atoms with Crippen LogP contribution in [0.4, 0.5) is 0 Å². The van der Waals surface area contributed by atoms with Gasteiger partial charge in [0, 0.05) is 12.3 Å². The average Bonchev–Trinajstić information content (AvgIpc) is 2.96. The van der Waals surface area contributed by atoms with E-state index in [2.05, 4.69) is 11.1 Å². The molecule has 0 fully saturated rings. The van der Waals surface area contributed by atoms with Gasteiger partial charge in [-0.05, 0) is 65.1 Å². The topological polar surface area (TPSA) is 90.7 Å². The SMILES string of the molecule is Cc1c(COc2cc(OCc3ccnc(C#N)c3)c(C=O)cc2Cl)cccc1-c1ccc2c(c1)OCCO2. The molecule has 1 aliphatic rings. The lowest BCUT2D eigenvalue weighted by atomic mass is 9.96. The largest absolute Gasteiger partial charge is 0.488 e. The summed E-state index contributed by atoms with van der Waals surface area (Å²) < 4.78 is 23.4. The second kappa shape index (κ2) is 11.2. The number of aldehydes is 1. The quantitative estimate of drug-likeness (QED) is 0.248. The molecule has 3 aromatic carbocycles. The number of carbonyl (C=O) groups is 1. The minimum absolute atomic E-state index is 0.149. The highest BCUT2D eigenvalue weighted by molar-refractivity contribution is 6.32. The number of nitrogens with zero attached hydrogens (tertiary/aromatic N) is 2. The Labute approximate surface area is 225 Å². The number of benzene rings is 3. The second-order valence-corrected chi connectivity index (χ2v) is 9.03. The van der Waals surface area contributed by atoms with Crippen LogP contribution in [0.1, 0.15) is 32.7 Å². The lowest BCUT2D eigenvalue weighted by Crippen LogP contribution is -2.15. The van der Waals surface area contributed by atoms with Crippen molar-refractivity contribution in [2.24, 2.45) is 0 Å². The first-order valence-electron chi connectivity index (χ1n) is 11.9. The number of nitriles is 1. The van der Waals surface area contributed by atoms with Crippen molar-refractivity contribution in [2.75, 3.05) is 13.2 Å². The van der Waals surface area contributed by atoms with E-state index in [4.69, 9.17) is 35.8 Å². The molecule has 1 aromatic heterocycles. The number of pyridine rings is 1. The van der Waals surface area contributed by atoms with Crippen LogP contribution < -0.4 is 18.9 Å². The molecular weight excluding hydrogens is 504 g/mol. The second-order valence-electron chi connectivity index (χ2n) is 8.62. The Kier molecular flexibility index (Phi) is 7.43. The van der Waals surface area contributed by atoms with Crippen molar-refractivity contribution in [1.29, 1.82) is 5.26 Å². The molecule has 4 aromatic rings. The van der Waals surface area contributed by atoms with E-state index in [1.54, 1.807) is 18.2 Å². The number of rotatable bonds is 8.